The number of hydrogen-bond acceptors (Lipinski definition) is 6. The number of halogens is 1. The van der Waals surface area contributed by atoms with E-state index >= 15 is 0 Å². The summed E-state index contributed by atoms with van der Waals surface area (Å²) in [5.41, 5.74) is 0.513. The molecule has 28 heavy (non-hydrogen) atoms. The zero-order valence-corrected chi connectivity index (χ0v) is 17.6. The molecule has 2 aromatic heterocycles. The Morgan fingerprint density at radius 2 is 2.21 bits per heavy atom. The van der Waals surface area contributed by atoms with Gasteiger partial charge in [-0.2, -0.15) is 9.61 Å². The summed E-state index contributed by atoms with van der Waals surface area (Å²) in [7, 11) is 0. The van der Waals surface area contributed by atoms with Crippen molar-refractivity contribution >= 4 is 39.3 Å². The molecule has 0 saturated carbocycles. The van der Waals surface area contributed by atoms with E-state index in [1.807, 2.05) is 6.92 Å². The van der Waals surface area contributed by atoms with Crippen LogP contribution in [0.1, 0.15) is 33.1 Å². The number of carbonyl (C=O) groups is 1. The first kappa shape index (κ1) is 20.8. The SMILES string of the molecule is CC[C@H](Nc1cc(N(CC2CCOCC2)C(=O)O)n2ncc(Br)c2n1)[C@H](C)O. The fourth-order valence-corrected chi connectivity index (χ4v) is 3.75. The molecule has 1 aliphatic rings. The topological polar surface area (TPSA) is 112 Å². The van der Waals surface area contributed by atoms with E-state index < -0.39 is 12.2 Å². The first-order valence-electron chi connectivity index (χ1n) is 9.47. The molecule has 2 aromatic rings. The third-order valence-electron chi connectivity index (χ3n) is 5.05. The Bertz CT molecular complexity index is 822. The fourth-order valence-electron chi connectivity index (χ4n) is 3.40. The summed E-state index contributed by atoms with van der Waals surface area (Å²) in [4.78, 5) is 17.9. The Labute approximate surface area is 171 Å². The molecule has 2 atom stereocenters. The normalized spacial score (nSPS) is 17.4. The number of anilines is 2. The molecule has 9 nitrogen and oxygen atoms in total. The predicted octanol–water partition coefficient (Wildman–Crippen LogP) is 2.97. The maximum absolute atomic E-state index is 12.1. The van der Waals surface area contributed by atoms with Gasteiger partial charge in [-0.05, 0) is 48.0 Å². The van der Waals surface area contributed by atoms with Crippen LogP contribution in [0.2, 0.25) is 0 Å². The number of ether oxygens (including phenoxy) is 1. The molecule has 0 spiro atoms. The van der Waals surface area contributed by atoms with E-state index in [0.717, 1.165) is 12.8 Å². The Morgan fingerprint density at radius 1 is 1.50 bits per heavy atom. The molecule has 0 bridgehead atoms. The second kappa shape index (κ2) is 9.06. The molecule has 0 radical (unpaired) electrons. The molecular weight excluding hydrogens is 430 g/mol. The maximum atomic E-state index is 12.1. The average molecular weight is 456 g/mol. The smallest absolute Gasteiger partial charge is 0.413 e. The van der Waals surface area contributed by atoms with Gasteiger partial charge in [0.05, 0.1) is 22.8 Å². The number of nitrogens with zero attached hydrogens (tertiary/aromatic N) is 4. The number of aliphatic hydroxyl groups is 1. The van der Waals surface area contributed by atoms with Crippen molar-refractivity contribution in [2.75, 3.05) is 30.0 Å². The van der Waals surface area contributed by atoms with E-state index in [1.165, 1.54) is 9.42 Å². The van der Waals surface area contributed by atoms with Crippen molar-refractivity contribution in [3.05, 3.63) is 16.7 Å². The van der Waals surface area contributed by atoms with E-state index in [2.05, 4.69) is 31.3 Å². The van der Waals surface area contributed by atoms with Crippen LogP contribution in [0.25, 0.3) is 5.65 Å². The van der Waals surface area contributed by atoms with Crippen molar-refractivity contribution in [3.63, 3.8) is 0 Å². The lowest BCUT2D eigenvalue weighted by Gasteiger charge is -2.28. The average Bonchev–Trinajstić information content (AvgIpc) is 3.05. The molecule has 154 valence electrons. The summed E-state index contributed by atoms with van der Waals surface area (Å²) in [6, 6.07) is 1.48. The van der Waals surface area contributed by atoms with Crippen molar-refractivity contribution < 1.29 is 19.7 Å². The van der Waals surface area contributed by atoms with Crippen molar-refractivity contribution in [2.45, 2.75) is 45.3 Å². The highest BCUT2D eigenvalue weighted by atomic mass is 79.9. The van der Waals surface area contributed by atoms with Crippen molar-refractivity contribution in [1.82, 2.24) is 14.6 Å². The van der Waals surface area contributed by atoms with Crippen LogP contribution >= 0.6 is 15.9 Å². The van der Waals surface area contributed by atoms with Crippen LogP contribution in [0.4, 0.5) is 16.4 Å². The van der Waals surface area contributed by atoms with Gasteiger partial charge in [0.25, 0.3) is 0 Å². The number of amides is 1. The monoisotopic (exact) mass is 455 g/mol. The van der Waals surface area contributed by atoms with Gasteiger partial charge < -0.3 is 20.3 Å². The van der Waals surface area contributed by atoms with E-state index in [0.29, 0.717) is 47.9 Å². The Hall–Kier alpha value is -1.91. The van der Waals surface area contributed by atoms with Crippen molar-refractivity contribution in [1.29, 1.82) is 0 Å². The fraction of sp³-hybridized carbons (Fsp3) is 0.611. The molecule has 1 aliphatic heterocycles. The number of rotatable bonds is 7. The predicted molar refractivity (Wildman–Crippen MR) is 109 cm³/mol. The van der Waals surface area contributed by atoms with Gasteiger partial charge >= 0.3 is 6.09 Å². The zero-order chi connectivity index (χ0) is 20.3. The molecular formula is C18H26BrN5O4. The van der Waals surface area contributed by atoms with Gasteiger partial charge in [0.15, 0.2) is 5.65 Å². The minimum absolute atomic E-state index is 0.196. The van der Waals surface area contributed by atoms with E-state index in [4.69, 9.17) is 4.74 Å². The van der Waals surface area contributed by atoms with Gasteiger partial charge in [0.1, 0.15) is 11.6 Å². The quantitative estimate of drug-likeness (QED) is 0.587. The summed E-state index contributed by atoms with van der Waals surface area (Å²) in [5.74, 6) is 1.14. The lowest BCUT2D eigenvalue weighted by molar-refractivity contribution is 0.0680. The number of aliphatic hydroxyl groups excluding tert-OH is 1. The largest absolute Gasteiger partial charge is 0.465 e. The van der Waals surface area contributed by atoms with Crippen LogP contribution < -0.4 is 10.2 Å². The third-order valence-corrected chi connectivity index (χ3v) is 5.61. The lowest BCUT2D eigenvalue weighted by Crippen LogP contribution is -2.38. The zero-order valence-electron chi connectivity index (χ0n) is 16.0. The van der Waals surface area contributed by atoms with Crippen LogP contribution in [0.3, 0.4) is 0 Å². The van der Waals surface area contributed by atoms with Crippen LogP contribution in [-0.2, 0) is 4.74 Å². The number of nitrogens with one attached hydrogen (secondary N) is 1. The number of aromatic nitrogens is 3. The molecule has 0 unspecified atom stereocenters. The lowest BCUT2D eigenvalue weighted by atomic mass is 10.00. The van der Waals surface area contributed by atoms with Gasteiger partial charge in [0.2, 0.25) is 0 Å². The van der Waals surface area contributed by atoms with E-state index in [9.17, 15) is 15.0 Å². The number of carboxylic acid groups (broad SMARTS) is 1. The molecule has 3 rings (SSSR count). The summed E-state index contributed by atoms with van der Waals surface area (Å²) < 4.78 is 7.57. The number of fused-ring (bicyclic) bond motifs is 1. The van der Waals surface area contributed by atoms with Crippen LogP contribution in [0.15, 0.2) is 16.7 Å². The molecule has 0 aliphatic carbocycles. The van der Waals surface area contributed by atoms with Gasteiger partial charge in [0, 0.05) is 25.8 Å². The second-order valence-electron chi connectivity index (χ2n) is 7.08. The van der Waals surface area contributed by atoms with E-state index in [-0.39, 0.29) is 12.0 Å². The minimum Gasteiger partial charge on any atom is -0.465 e. The van der Waals surface area contributed by atoms with Gasteiger partial charge in [-0.25, -0.2) is 9.78 Å². The summed E-state index contributed by atoms with van der Waals surface area (Å²) in [5, 5.41) is 27.3. The van der Waals surface area contributed by atoms with Crippen molar-refractivity contribution in [2.24, 2.45) is 5.92 Å². The summed E-state index contributed by atoms with van der Waals surface area (Å²) in [6.07, 6.45) is 2.33. The van der Waals surface area contributed by atoms with Crippen molar-refractivity contribution in [3.8, 4) is 0 Å². The molecule has 1 fully saturated rings. The van der Waals surface area contributed by atoms with E-state index in [1.54, 1.807) is 19.2 Å². The second-order valence-corrected chi connectivity index (χ2v) is 7.93. The van der Waals surface area contributed by atoms with Gasteiger partial charge in [-0.3, -0.25) is 4.90 Å². The third kappa shape index (κ3) is 4.56. The van der Waals surface area contributed by atoms with Crippen LogP contribution in [0.5, 0.6) is 0 Å². The highest BCUT2D eigenvalue weighted by Gasteiger charge is 2.26. The molecule has 10 heteroatoms. The minimum atomic E-state index is -1.04. The van der Waals surface area contributed by atoms with Gasteiger partial charge in [-0.1, -0.05) is 6.92 Å². The Morgan fingerprint density at radius 3 is 2.82 bits per heavy atom. The Balaban J connectivity index is 1.99. The van der Waals surface area contributed by atoms with Gasteiger partial charge in [-0.15, -0.1) is 0 Å². The van der Waals surface area contributed by atoms with Crippen LogP contribution in [0, 0.1) is 5.92 Å². The van der Waals surface area contributed by atoms with Crippen LogP contribution in [-0.4, -0.2) is 62.8 Å². The first-order valence-corrected chi connectivity index (χ1v) is 10.3. The molecule has 3 N–H and O–H groups in total. The molecule has 1 saturated heterocycles. The highest BCUT2D eigenvalue weighted by molar-refractivity contribution is 9.10. The standard InChI is InChI=1S/C18H26BrN5O4/c1-3-14(11(2)25)21-15-8-16(24-17(22-15)13(19)9-20-24)23(18(26)27)10-12-4-6-28-7-5-12/h8-9,11-12,14,25H,3-7,10H2,1-2H3,(H,21,22)(H,26,27)/t11-,14-/m0/s1. The Kier molecular flexibility index (Phi) is 6.73. The summed E-state index contributed by atoms with van der Waals surface area (Å²) >= 11 is 3.43. The molecule has 3 heterocycles. The molecule has 1 amide bonds. The molecule has 0 aromatic carbocycles. The summed E-state index contributed by atoms with van der Waals surface area (Å²) in [6.45, 7) is 5.34. The first-order chi connectivity index (χ1) is 13.4. The number of hydrogen-bond donors (Lipinski definition) is 3. The maximum Gasteiger partial charge on any atom is 0.413 e. The highest BCUT2D eigenvalue weighted by Crippen LogP contribution is 2.27.